The molecule has 1 N–H and O–H groups in total. The van der Waals surface area contributed by atoms with Crippen molar-refractivity contribution < 1.29 is 18.4 Å². The van der Waals surface area contributed by atoms with Gasteiger partial charge in [-0.3, -0.25) is 4.79 Å². The Kier molecular flexibility index (Phi) is 5.04. The van der Waals surface area contributed by atoms with E-state index in [1.807, 2.05) is 26.0 Å². The van der Waals surface area contributed by atoms with Gasteiger partial charge in [0.15, 0.2) is 0 Å². The number of carbonyl (C=O) groups is 1. The molecule has 4 rings (SSSR count). The van der Waals surface area contributed by atoms with Crippen LogP contribution in [0, 0.1) is 26.6 Å². The maximum Gasteiger partial charge on any atom is 0.257 e. The number of nitrogens with one attached hydrogen (secondary N) is 1. The van der Waals surface area contributed by atoms with E-state index in [1.54, 1.807) is 13.0 Å². The quantitative estimate of drug-likeness (QED) is 0.630. The number of aromatic nitrogens is 1. The van der Waals surface area contributed by atoms with Gasteiger partial charge in [-0.1, -0.05) is 40.5 Å². The highest BCUT2D eigenvalue weighted by atomic mass is 35.5. The zero-order chi connectivity index (χ0) is 20.7. The van der Waals surface area contributed by atoms with Crippen LogP contribution in [0.25, 0.3) is 11.3 Å². The summed E-state index contributed by atoms with van der Waals surface area (Å²) in [4.78, 5) is 13.2. The van der Waals surface area contributed by atoms with E-state index in [0.29, 0.717) is 18.8 Å². The van der Waals surface area contributed by atoms with Crippen LogP contribution >= 0.6 is 11.6 Å². The second-order valence-corrected chi connectivity index (χ2v) is 7.63. The number of fused-ring (bicyclic) bond motifs is 1. The Labute approximate surface area is 172 Å². The lowest BCUT2D eigenvalue weighted by Gasteiger charge is -2.28. The van der Waals surface area contributed by atoms with Crippen LogP contribution in [0.3, 0.4) is 0 Å². The van der Waals surface area contributed by atoms with E-state index in [1.165, 1.54) is 12.1 Å². The molecule has 0 radical (unpaired) electrons. The number of hydrogen-bond donors (Lipinski definition) is 1. The summed E-state index contributed by atoms with van der Waals surface area (Å²) >= 11 is 6.17. The van der Waals surface area contributed by atoms with Crippen LogP contribution < -0.4 is 10.1 Å². The summed E-state index contributed by atoms with van der Waals surface area (Å²) in [6, 6.07) is 8.15. The summed E-state index contributed by atoms with van der Waals surface area (Å²) in [5.41, 5.74) is 3.37. The first-order chi connectivity index (χ1) is 13.9. The van der Waals surface area contributed by atoms with E-state index >= 15 is 0 Å². The van der Waals surface area contributed by atoms with Crippen molar-refractivity contribution in [1.82, 2.24) is 10.5 Å². The summed E-state index contributed by atoms with van der Waals surface area (Å²) in [5.74, 6) is 0.133. The normalized spacial score (nSPS) is 15.6. The van der Waals surface area contributed by atoms with Crippen molar-refractivity contribution >= 4 is 17.5 Å². The molecule has 2 heterocycles. The van der Waals surface area contributed by atoms with E-state index in [4.69, 9.17) is 20.9 Å². The highest BCUT2D eigenvalue weighted by Gasteiger charge is 2.30. The molecule has 1 aliphatic rings. The van der Waals surface area contributed by atoms with Crippen molar-refractivity contribution in [3.63, 3.8) is 0 Å². The van der Waals surface area contributed by atoms with Crippen LogP contribution in [0.4, 0.5) is 4.39 Å². The molecule has 0 spiro atoms. The fourth-order valence-corrected chi connectivity index (χ4v) is 4.04. The van der Waals surface area contributed by atoms with Gasteiger partial charge in [0.1, 0.15) is 28.6 Å². The van der Waals surface area contributed by atoms with Crippen molar-refractivity contribution in [3.8, 4) is 17.0 Å². The third-order valence-electron chi connectivity index (χ3n) is 5.07. The molecule has 0 saturated heterocycles. The smallest absolute Gasteiger partial charge is 0.257 e. The van der Waals surface area contributed by atoms with Crippen LogP contribution in [-0.2, 0) is 0 Å². The summed E-state index contributed by atoms with van der Waals surface area (Å²) in [6.07, 6.45) is 0.627. The fourth-order valence-electron chi connectivity index (χ4n) is 3.79. The molecular formula is C22H20ClFN2O3. The van der Waals surface area contributed by atoms with Crippen LogP contribution in [0.15, 0.2) is 34.9 Å². The molecule has 0 aliphatic carbocycles. The molecule has 1 unspecified atom stereocenters. The molecular weight excluding hydrogens is 395 g/mol. The van der Waals surface area contributed by atoms with Crippen molar-refractivity contribution in [3.05, 3.63) is 69.2 Å². The third-order valence-corrected chi connectivity index (χ3v) is 5.39. The van der Waals surface area contributed by atoms with Gasteiger partial charge in [0, 0.05) is 12.0 Å². The van der Waals surface area contributed by atoms with E-state index < -0.39 is 11.7 Å². The Balaban J connectivity index is 1.71. The number of rotatable bonds is 3. The van der Waals surface area contributed by atoms with Gasteiger partial charge in [0.25, 0.3) is 5.91 Å². The molecule has 2 aromatic carbocycles. The number of hydrogen-bond acceptors (Lipinski definition) is 4. The fraction of sp³-hybridized carbons (Fsp3) is 0.273. The minimum atomic E-state index is -0.567. The van der Waals surface area contributed by atoms with Gasteiger partial charge >= 0.3 is 0 Å². The summed E-state index contributed by atoms with van der Waals surface area (Å²) in [7, 11) is 0. The van der Waals surface area contributed by atoms with Crippen LogP contribution in [0.5, 0.6) is 5.75 Å². The van der Waals surface area contributed by atoms with Crippen molar-refractivity contribution in [1.29, 1.82) is 0 Å². The Hall–Kier alpha value is -2.86. The monoisotopic (exact) mass is 414 g/mol. The summed E-state index contributed by atoms with van der Waals surface area (Å²) < 4.78 is 25.4. The first kappa shape index (κ1) is 19.5. The minimum Gasteiger partial charge on any atom is -0.493 e. The molecule has 1 aromatic heterocycles. The van der Waals surface area contributed by atoms with E-state index in [9.17, 15) is 9.18 Å². The number of halogens is 2. The number of benzene rings is 2. The minimum absolute atomic E-state index is 0.0511. The summed E-state index contributed by atoms with van der Waals surface area (Å²) in [5, 5.41) is 7.11. The highest BCUT2D eigenvalue weighted by molar-refractivity contribution is 6.33. The number of aryl methyl sites for hydroxylation is 3. The SMILES string of the molecule is Cc1cc(C)c2c(c1)C(NC(=O)c1c(-c3c(F)cccc3Cl)noc1C)CCO2. The Morgan fingerprint density at radius 1 is 1.28 bits per heavy atom. The topological polar surface area (TPSA) is 64.4 Å². The molecule has 1 amide bonds. The zero-order valence-corrected chi connectivity index (χ0v) is 17.1. The Morgan fingerprint density at radius 2 is 2.07 bits per heavy atom. The van der Waals surface area contributed by atoms with Crippen molar-refractivity contribution in [2.75, 3.05) is 6.61 Å². The first-order valence-electron chi connectivity index (χ1n) is 9.32. The van der Waals surface area contributed by atoms with Gasteiger partial charge in [-0.15, -0.1) is 0 Å². The van der Waals surface area contributed by atoms with E-state index in [2.05, 4.69) is 10.5 Å². The molecule has 5 nitrogen and oxygen atoms in total. The zero-order valence-electron chi connectivity index (χ0n) is 16.3. The lowest BCUT2D eigenvalue weighted by Crippen LogP contribution is -2.33. The molecule has 1 atom stereocenters. The predicted octanol–water partition coefficient (Wildman–Crippen LogP) is 5.31. The van der Waals surface area contributed by atoms with Gasteiger partial charge < -0.3 is 14.6 Å². The van der Waals surface area contributed by atoms with Gasteiger partial charge in [-0.05, 0) is 38.5 Å². The Morgan fingerprint density at radius 3 is 2.83 bits per heavy atom. The molecule has 150 valence electrons. The van der Waals surface area contributed by atoms with Crippen LogP contribution in [0.2, 0.25) is 5.02 Å². The van der Waals surface area contributed by atoms with Gasteiger partial charge in [0.05, 0.1) is 23.2 Å². The lowest BCUT2D eigenvalue weighted by atomic mass is 9.95. The average Bonchev–Trinajstić information content (AvgIpc) is 3.03. The maximum atomic E-state index is 14.4. The first-order valence-corrected chi connectivity index (χ1v) is 9.70. The molecule has 3 aromatic rings. The second kappa shape index (κ2) is 7.52. The molecule has 0 fully saturated rings. The van der Waals surface area contributed by atoms with Gasteiger partial charge in [0.2, 0.25) is 0 Å². The molecule has 0 bridgehead atoms. The molecule has 1 aliphatic heterocycles. The largest absolute Gasteiger partial charge is 0.493 e. The summed E-state index contributed by atoms with van der Waals surface area (Å²) in [6.45, 7) is 6.10. The predicted molar refractivity (Wildman–Crippen MR) is 108 cm³/mol. The van der Waals surface area contributed by atoms with Crippen molar-refractivity contribution in [2.45, 2.75) is 33.2 Å². The van der Waals surface area contributed by atoms with Crippen LogP contribution in [-0.4, -0.2) is 17.7 Å². The average molecular weight is 415 g/mol. The number of nitrogens with zero attached hydrogens (tertiary/aromatic N) is 1. The maximum absolute atomic E-state index is 14.4. The number of ether oxygens (including phenoxy) is 1. The number of carbonyl (C=O) groups excluding carboxylic acids is 1. The van der Waals surface area contributed by atoms with Gasteiger partial charge in [-0.2, -0.15) is 0 Å². The Bertz CT molecular complexity index is 1090. The van der Waals surface area contributed by atoms with E-state index in [-0.39, 0.29) is 27.9 Å². The molecule has 0 saturated carbocycles. The molecule has 7 heteroatoms. The van der Waals surface area contributed by atoms with E-state index in [0.717, 1.165) is 22.4 Å². The van der Waals surface area contributed by atoms with Gasteiger partial charge in [-0.25, -0.2) is 4.39 Å². The standard InChI is InChI=1S/C22H20ClFN2O3/c1-11-9-12(2)21-14(10-11)17(7-8-28-21)25-22(27)18-13(3)29-26-20(18)19-15(23)5-4-6-16(19)24/h4-6,9-10,17H,7-8H2,1-3H3,(H,25,27). The van der Waals surface area contributed by atoms with Crippen molar-refractivity contribution in [2.24, 2.45) is 0 Å². The lowest BCUT2D eigenvalue weighted by molar-refractivity contribution is 0.0923. The second-order valence-electron chi connectivity index (χ2n) is 7.22. The number of amides is 1. The third kappa shape index (κ3) is 3.49. The molecule has 29 heavy (non-hydrogen) atoms. The van der Waals surface area contributed by atoms with Crippen LogP contribution in [0.1, 0.15) is 45.3 Å². The highest BCUT2D eigenvalue weighted by Crippen LogP contribution is 2.37.